The molecule has 0 spiro atoms. The van der Waals surface area contributed by atoms with Crippen molar-refractivity contribution in [3.8, 4) is 11.5 Å². The molecule has 1 aliphatic heterocycles. The van der Waals surface area contributed by atoms with Gasteiger partial charge >= 0.3 is 0 Å². The highest BCUT2D eigenvalue weighted by Gasteiger charge is 2.22. The lowest BCUT2D eigenvalue weighted by Crippen LogP contribution is -2.36. The number of nitrogens with zero attached hydrogens (tertiary/aromatic N) is 1. The summed E-state index contributed by atoms with van der Waals surface area (Å²) >= 11 is 0. The zero-order valence-electron chi connectivity index (χ0n) is 15.0. The van der Waals surface area contributed by atoms with Crippen LogP contribution in [0.2, 0.25) is 0 Å². The molecular formula is C20H23FN2O3. The van der Waals surface area contributed by atoms with E-state index in [-0.39, 0.29) is 11.7 Å². The Morgan fingerprint density at radius 3 is 2.58 bits per heavy atom. The summed E-state index contributed by atoms with van der Waals surface area (Å²) in [5.41, 5.74) is 2.95. The van der Waals surface area contributed by atoms with Gasteiger partial charge in [-0.3, -0.25) is 4.79 Å². The molecule has 6 heteroatoms. The molecule has 0 bridgehead atoms. The van der Waals surface area contributed by atoms with E-state index in [1.54, 1.807) is 26.4 Å². The Bertz CT molecular complexity index is 795. The predicted molar refractivity (Wildman–Crippen MR) is 98.2 cm³/mol. The van der Waals surface area contributed by atoms with E-state index in [0.717, 1.165) is 12.0 Å². The second-order valence-electron chi connectivity index (χ2n) is 6.23. The maximum Gasteiger partial charge on any atom is 0.224 e. The van der Waals surface area contributed by atoms with E-state index in [2.05, 4.69) is 5.32 Å². The smallest absolute Gasteiger partial charge is 0.224 e. The Morgan fingerprint density at radius 2 is 1.88 bits per heavy atom. The Balaban J connectivity index is 1.58. The van der Waals surface area contributed by atoms with Gasteiger partial charge < -0.3 is 19.7 Å². The van der Waals surface area contributed by atoms with E-state index >= 15 is 0 Å². The first-order valence-electron chi connectivity index (χ1n) is 8.61. The van der Waals surface area contributed by atoms with Crippen molar-refractivity contribution in [3.05, 3.63) is 53.3 Å². The normalized spacial score (nSPS) is 13.1. The van der Waals surface area contributed by atoms with Crippen molar-refractivity contribution in [1.82, 2.24) is 4.90 Å². The van der Waals surface area contributed by atoms with Gasteiger partial charge in [0, 0.05) is 31.7 Å². The Labute approximate surface area is 152 Å². The van der Waals surface area contributed by atoms with Gasteiger partial charge in [-0.1, -0.05) is 6.07 Å². The summed E-state index contributed by atoms with van der Waals surface area (Å²) in [6.45, 7) is 1.72. The van der Waals surface area contributed by atoms with Crippen molar-refractivity contribution in [1.29, 1.82) is 0 Å². The van der Waals surface area contributed by atoms with Crippen LogP contribution in [0, 0.1) is 5.82 Å². The Morgan fingerprint density at radius 1 is 1.15 bits per heavy atom. The highest BCUT2D eigenvalue weighted by atomic mass is 19.1. The number of nitrogens with one attached hydrogen (secondary N) is 1. The molecule has 0 saturated carbocycles. The molecule has 1 aliphatic rings. The molecule has 3 rings (SSSR count). The molecule has 1 amide bonds. The highest BCUT2D eigenvalue weighted by molar-refractivity contribution is 5.77. The van der Waals surface area contributed by atoms with E-state index in [9.17, 15) is 9.18 Å². The number of benzene rings is 2. The van der Waals surface area contributed by atoms with Crippen LogP contribution in [0.1, 0.15) is 17.5 Å². The number of halogens is 1. The van der Waals surface area contributed by atoms with Crippen LogP contribution >= 0.6 is 0 Å². The van der Waals surface area contributed by atoms with Crippen molar-refractivity contribution < 1.29 is 18.7 Å². The molecule has 0 aliphatic carbocycles. The van der Waals surface area contributed by atoms with Crippen LogP contribution in [-0.4, -0.2) is 38.1 Å². The minimum Gasteiger partial charge on any atom is -0.493 e. The number of carbonyl (C=O) groups is 1. The molecule has 0 fully saturated rings. The molecular weight excluding hydrogens is 335 g/mol. The fraction of sp³-hybridized carbons (Fsp3) is 0.350. The second kappa shape index (κ2) is 8.08. The zero-order chi connectivity index (χ0) is 18.5. The summed E-state index contributed by atoms with van der Waals surface area (Å²) in [6, 6.07) is 10.2. The monoisotopic (exact) mass is 358 g/mol. The number of methoxy groups -OCH3 is 2. The topological polar surface area (TPSA) is 50.8 Å². The molecule has 26 heavy (non-hydrogen) atoms. The molecule has 138 valence electrons. The van der Waals surface area contributed by atoms with Crippen LogP contribution in [0.5, 0.6) is 11.5 Å². The maximum absolute atomic E-state index is 13.2. The number of ether oxygens (including phenoxy) is 2. The van der Waals surface area contributed by atoms with Gasteiger partial charge in [-0.2, -0.15) is 0 Å². The van der Waals surface area contributed by atoms with Crippen LogP contribution in [0.15, 0.2) is 36.4 Å². The average Bonchev–Trinajstić information content (AvgIpc) is 2.66. The number of carbonyl (C=O) groups excluding carboxylic acids is 1. The van der Waals surface area contributed by atoms with Crippen LogP contribution < -0.4 is 14.8 Å². The molecule has 1 heterocycles. The van der Waals surface area contributed by atoms with Crippen molar-refractivity contribution in [2.75, 3.05) is 32.6 Å². The third-order valence-electron chi connectivity index (χ3n) is 4.56. The number of hydrogen-bond acceptors (Lipinski definition) is 4. The molecule has 2 aromatic rings. The number of rotatable bonds is 6. The van der Waals surface area contributed by atoms with E-state index in [1.165, 1.54) is 17.7 Å². The van der Waals surface area contributed by atoms with Crippen LogP contribution in [-0.2, 0) is 17.8 Å². The fourth-order valence-electron chi connectivity index (χ4n) is 3.17. The maximum atomic E-state index is 13.2. The SMILES string of the molecule is COc1cc2c(cc1OC)CN(C(=O)CCNc1cccc(F)c1)CC2. The zero-order valence-corrected chi connectivity index (χ0v) is 15.0. The number of anilines is 1. The van der Waals surface area contributed by atoms with E-state index in [4.69, 9.17) is 9.47 Å². The fourth-order valence-corrected chi connectivity index (χ4v) is 3.17. The molecule has 2 aromatic carbocycles. The van der Waals surface area contributed by atoms with Gasteiger partial charge in [0.2, 0.25) is 5.91 Å². The summed E-state index contributed by atoms with van der Waals surface area (Å²) in [5, 5.41) is 3.08. The molecule has 0 unspecified atom stereocenters. The Hall–Kier alpha value is -2.76. The van der Waals surface area contributed by atoms with Gasteiger partial charge in [0.1, 0.15) is 5.82 Å². The number of fused-ring (bicyclic) bond motifs is 1. The predicted octanol–water partition coefficient (Wildman–Crippen LogP) is 3.23. The summed E-state index contributed by atoms with van der Waals surface area (Å²) in [4.78, 5) is 14.3. The first-order valence-corrected chi connectivity index (χ1v) is 8.61. The number of amides is 1. The molecule has 0 radical (unpaired) electrons. The quantitative estimate of drug-likeness (QED) is 0.861. The van der Waals surface area contributed by atoms with E-state index in [0.29, 0.717) is 43.2 Å². The first kappa shape index (κ1) is 18.0. The van der Waals surface area contributed by atoms with Crippen LogP contribution in [0.25, 0.3) is 0 Å². The number of hydrogen-bond donors (Lipinski definition) is 1. The van der Waals surface area contributed by atoms with Gasteiger partial charge in [-0.15, -0.1) is 0 Å². The van der Waals surface area contributed by atoms with Gasteiger partial charge in [0.15, 0.2) is 11.5 Å². The Kier molecular flexibility index (Phi) is 5.61. The van der Waals surface area contributed by atoms with E-state index in [1.807, 2.05) is 17.0 Å². The third kappa shape index (κ3) is 4.07. The molecule has 0 aromatic heterocycles. The lowest BCUT2D eigenvalue weighted by atomic mass is 9.98. The summed E-state index contributed by atoms with van der Waals surface area (Å²) < 4.78 is 23.9. The van der Waals surface area contributed by atoms with Gasteiger partial charge in [-0.25, -0.2) is 4.39 Å². The van der Waals surface area contributed by atoms with Gasteiger partial charge in [0.05, 0.1) is 14.2 Å². The minimum atomic E-state index is -0.293. The van der Waals surface area contributed by atoms with Crippen molar-refractivity contribution in [3.63, 3.8) is 0 Å². The van der Waals surface area contributed by atoms with E-state index < -0.39 is 0 Å². The molecule has 1 N–H and O–H groups in total. The minimum absolute atomic E-state index is 0.0781. The molecule has 0 atom stereocenters. The largest absolute Gasteiger partial charge is 0.493 e. The third-order valence-corrected chi connectivity index (χ3v) is 4.56. The van der Waals surface area contributed by atoms with Gasteiger partial charge in [0.25, 0.3) is 0 Å². The van der Waals surface area contributed by atoms with Crippen molar-refractivity contribution in [2.45, 2.75) is 19.4 Å². The van der Waals surface area contributed by atoms with Gasteiger partial charge in [-0.05, 0) is 47.9 Å². The lowest BCUT2D eigenvalue weighted by molar-refractivity contribution is -0.131. The summed E-state index contributed by atoms with van der Waals surface area (Å²) in [7, 11) is 3.22. The standard InChI is InChI=1S/C20H23FN2O3/c1-25-18-10-14-7-9-23(13-15(14)11-19(18)26-2)20(24)6-8-22-17-5-3-4-16(21)12-17/h3-5,10-12,22H,6-9,13H2,1-2H3. The molecule has 0 saturated heterocycles. The van der Waals surface area contributed by atoms with Crippen LogP contribution in [0.4, 0.5) is 10.1 Å². The summed E-state index contributed by atoms with van der Waals surface area (Å²) in [5.74, 6) is 1.17. The lowest BCUT2D eigenvalue weighted by Gasteiger charge is -2.29. The highest BCUT2D eigenvalue weighted by Crippen LogP contribution is 2.33. The first-order chi connectivity index (χ1) is 12.6. The van der Waals surface area contributed by atoms with Crippen LogP contribution in [0.3, 0.4) is 0 Å². The van der Waals surface area contributed by atoms with Crippen molar-refractivity contribution >= 4 is 11.6 Å². The van der Waals surface area contributed by atoms with Crippen molar-refractivity contribution in [2.24, 2.45) is 0 Å². The second-order valence-corrected chi connectivity index (χ2v) is 6.23. The average molecular weight is 358 g/mol. The summed E-state index contributed by atoms with van der Waals surface area (Å²) in [6.07, 6.45) is 1.15. The molecule has 5 nitrogen and oxygen atoms in total.